The topological polar surface area (TPSA) is 46.9 Å². The van der Waals surface area contributed by atoms with E-state index in [-0.39, 0.29) is 12.5 Å². The molecule has 0 aromatic carbocycles. The SMILES string of the molecule is CCCCCCNC(=O)Cn1ccc(C(F)(F)F)n1. The summed E-state index contributed by atoms with van der Waals surface area (Å²) in [6.45, 7) is 2.45. The number of nitrogens with zero attached hydrogens (tertiary/aromatic N) is 2. The summed E-state index contributed by atoms with van der Waals surface area (Å²) < 4.78 is 37.8. The molecule has 0 atom stereocenters. The Morgan fingerprint density at radius 1 is 1.37 bits per heavy atom. The van der Waals surface area contributed by atoms with E-state index in [1.165, 1.54) is 0 Å². The van der Waals surface area contributed by atoms with E-state index in [1.807, 2.05) is 0 Å². The second kappa shape index (κ2) is 7.16. The predicted molar refractivity (Wildman–Crippen MR) is 64.4 cm³/mol. The first-order chi connectivity index (χ1) is 8.93. The molecule has 1 amide bonds. The average molecular weight is 277 g/mol. The van der Waals surface area contributed by atoms with Gasteiger partial charge in [0.2, 0.25) is 5.91 Å². The zero-order valence-electron chi connectivity index (χ0n) is 10.8. The highest BCUT2D eigenvalue weighted by Crippen LogP contribution is 2.27. The number of halogens is 3. The molecule has 0 spiro atoms. The van der Waals surface area contributed by atoms with Gasteiger partial charge in [-0.2, -0.15) is 18.3 Å². The lowest BCUT2D eigenvalue weighted by Gasteiger charge is -2.05. The first-order valence-electron chi connectivity index (χ1n) is 6.31. The van der Waals surface area contributed by atoms with E-state index in [2.05, 4.69) is 17.3 Å². The highest BCUT2D eigenvalue weighted by atomic mass is 19.4. The van der Waals surface area contributed by atoms with Crippen molar-refractivity contribution in [1.29, 1.82) is 0 Å². The van der Waals surface area contributed by atoms with Crippen LogP contribution in [0.4, 0.5) is 13.2 Å². The summed E-state index contributed by atoms with van der Waals surface area (Å²) in [6.07, 6.45) is 0.829. The van der Waals surface area contributed by atoms with Crippen molar-refractivity contribution in [3.05, 3.63) is 18.0 Å². The molecule has 0 unspecified atom stereocenters. The van der Waals surface area contributed by atoms with Gasteiger partial charge >= 0.3 is 6.18 Å². The number of rotatable bonds is 7. The molecule has 0 aliphatic heterocycles. The van der Waals surface area contributed by atoms with Crippen molar-refractivity contribution >= 4 is 5.91 Å². The Morgan fingerprint density at radius 3 is 2.68 bits per heavy atom. The Bertz CT molecular complexity index is 401. The zero-order chi connectivity index (χ0) is 14.3. The van der Waals surface area contributed by atoms with Gasteiger partial charge in [-0.1, -0.05) is 26.2 Å². The van der Waals surface area contributed by atoms with Crippen molar-refractivity contribution in [3.8, 4) is 0 Å². The van der Waals surface area contributed by atoms with Gasteiger partial charge in [-0.3, -0.25) is 9.48 Å². The van der Waals surface area contributed by atoms with Gasteiger partial charge in [-0.15, -0.1) is 0 Å². The van der Waals surface area contributed by atoms with Gasteiger partial charge in [-0.05, 0) is 12.5 Å². The molecule has 7 heteroatoms. The smallest absolute Gasteiger partial charge is 0.354 e. The maximum atomic E-state index is 12.3. The van der Waals surface area contributed by atoms with Crippen LogP contribution in [-0.2, 0) is 17.5 Å². The highest BCUT2D eigenvalue weighted by Gasteiger charge is 2.33. The van der Waals surface area contributed by atoms with Crippen molar-refractivity contribution in [2.24, 2.45) is 0 Å². The summed E-state index contributed by atoms with van der Waals surface area (Å²) in [5.41, 5.74) is -0.983. The second-order valence-electron chi connectivity index (χ2n) is 4.31. The number of nitrogens with one attached hydrogen (secondary N) is 1. The summed E-state index contributed by atoms with van der Waals surface area (Å²) in [5.74, 6) is -0.326. The molecule has 0 saturated carbocycles. The van der Waals surface area contributed by atoms with Gasteiger partial charge in [0.1, 0.15) is 6.54 Å². The molecule has 1 aromatic heterocycles. The molecule has 4 nitrogen and oxygen atoms in total. The van der Waals surface area contributed by atoms with Crippen LogP contribution in [0.1, 0.15) is 38.3 Å². The maximum Gasteiger partial charge on any atom is 0.435 e. The minimum Gasteiger partial charge on any atom is -0.354 e. The van der Waals surface area contributed by atoms with Gasteiger partial charge in [0, 0.05) is 12.7 Å². The number of hydrogen-bond donors (Lipinski definition) is 1. The Kier molecular flexibility index (Phi) is 5.85. The van der Waals surface area contributed by atoms with Crippen LogP contribution in [0, 0.1) is 0 Å². The molecule has 0 aliphatic rings. The van der Waals surface area contributed by atoms with Crippen molar-refractivity contribution in [2.45, 2.75) is 45.3 Å². The van der Waals surface area contributed by atoms with Crippen LogP contribution in [0.2, 0.25) is 0 Å². The highest BCUT2D eigenvalue weighted by molar-refractivity contribution is 5.75. The Balaban J connectivity index is 2.30. The minimum absolute atomic E-state index is 0.191. The lowest BCUT2D eigenvalue weighted by Crippen LogP contribution is -2.28. The molecule has 0 fully saturated rings. The Labute approximate surface area is 110 Å². The van der Waals surface area contributed by atoms with Gasteiger partial charge in [0.15, 0.2) is 5.69 Å². The van der Waals surface area contributed by atoms with Crippen molar-refractivity contribution in [1.82, 2.24) is 15.1 Å². The van der Waals surface area contributed by atoms with Crippen LogP contribution >= 0.6 is 0 Å². The number of alkyl halides is 3. The largest absolute Gasteiger partial charge is 0.435 e. The molecule has 0 bridgehead atoms. The van der Waals surface area contributed by atoms with E-state index in [9.17, 15) is 18.0 Å². The summed E-state index contributed by atoms with van der Waals surface area (Å²) in [4.78, 5) is 11.5. The maximum absolute atomic E-state index is 12.3. The minimum atomic E-state index is -4.47. The Hall–Kier alpha value is -1.53. The zero-order valence-corrected chi connectivity index (χ0v) is 10.8. The summed E-state index contributed by atoms with van der Waals surface area (Å²) in [5, 5.41) is 5.97. The van der Waals surface area contributed by atoms with Crippen LogP contribution < -0.4 is 5.32 Å². The summed E-state index contributed by atoms with van der Waals surface area (Å²) in [6, 6.07) is 0.856. The van der Waals surface area contributed by atoms with Crippen molar-refractivity contribution in [3.63, 3.8) is 0 Å². The third kappa shape index (κ3) is 5.76. The quantitative estimate of drug-likeness (QED) is 0.779. The molecule has 1 N–H and O–H groups in total. The summed E-state index contributed by atoms with van der Waals surface area (Å²) in [7, 11) is 0. The van der Waals surface area contributed by atoms with Gasteiger partial charge in [0.05, 0.1) is 0 Å². The van der Waals surface area contributed by atoms with E-state index in [1.54, 1.807) is 0 Å². The number of aromatic nitrogens is 2. The van der Waals surface area contributed by atoms with E-state index in [0.717, 1.165) is 42.6 Å². The van der Waals surface area contributed by atoms with Gasteiger partial charge < -0.3 is 5.32 Å². The summed E-state index contributed by atoms with van der Waals surface area (Å²) >= 11 is 0. The fourth-order valence-electron chi connectivity index (χ4n) is 1.58. The average Bonchev–Trinajstić information content (AvgIpc) is 2.77. The third-order valence-corrected chi connectivity index (χ3v) is 2.59. The lowest BCUT2D eigenvalue weighted by atomic mass is 10.2. The molecule has 1 rings (SSSR count). The number of amides is 1. The number of carbonyl (C=O) groups excluding carboxylic acids is 1. The molecular weight excluding hydrogens is 259 g/mol. The van der Waals surface area contributed by atoms with Gasteiger partial charge in [0.25, 0.3) is 0 Å². The normalized spacial score (nSPS) is 11.6. The first-order valence-corrected chi connectivity index (χ1v) is 6.31. The van der Waals surface area contributed by atoms with Crippen molar-refractivity contribution < 1.29 is 18.0 Å². The second-order valence-corrected chi connectivity index (χ2v) is 4.31. The predicted octanol–water partition coefficient (Wildman–Crippen LogP) is 2.60. The Morgan fingerprint density at radius 2 is 2.11 bits per heavy atom. The number of carbonyl (C=O) groups is 1. The molecule has 19 heavy (non-hydrogen) atoms. The lowest BCUT2D eigenvalue weighted by molar-refractivity contribution is -0.141. The standard InChI is InChI=1S/C12H18F3N3O/c1-2-3-4-5-7-16-11(19)9-18-8-6-10(17-18)12(13,14)15/h6,8H,2-5,7,9H2,1H3,(H,16,19). The van der Waals surface area contributed by atoms with Crippen LogP contribution in [0.15, 0.2) is 12.3 Å². The van der Waals surface area contributed by atoms with E-state index in [4.69, 9.17) is 0 Å². The van der Waals surface area contributed by atoms with E-state index >= 15 is 0 Å². The fraction of sp³-hybridized carbons (Fsp3) is 0.667. The van der Waals surface area contributed by atoms with E-state index in [0.29, 0.717) is 6.54 Å². The third-order valence-electron chi connectivity index (χ3n) is 2.59. The molecule has 108 valence electrons. The molecule has 1 aromatic rings. The molecule has 0 aliphatic carbocycles. The van der Waals surface area contributed by atoms with Crippen LogP contribution in [-0.4, -0.2) is 22.2 Å². The first kappa shape index (κ1) is 15.5. The number of unbranched alkanes of at least 4 members (excludes halogenated alkanes) is 3. The van der Waals surface area contributed by atoms with Gasteiger partial charge in [-0.25, -0.2) is 0 Å². The fourth-order valence-corrected chi connectivity index (χ4v) is 1.58. The molecule has 0 radical (unpaired) electrons. The molecule has 0 saturated heterocycles. The molecular formula is C12H18F3N3O. The number of hydrogen-bond acceptors (Lipinski definition) is 2. The van der Waals surface area contributed by atoms with Crippen LogP contribution in [0.25, 0.3) is 0 Å². The molecule has 1 heterocycles. The van der Waals surface area contributed by atoms with Crippen molar-refractivity contribution in [2.75, 3.05) is 6.54 Å². The van der Waals surface area contributed by atoms with E-state index < -0.39 is 11.9 Å². The van der Waals surface area contributed by atoms with Crippen LogP contribution in [0.3, 0.4) is 0 Å². The van der Waals surface area contributed by atoms with Crippen LogP contribution in [0.5, 0.6) is 0 Å². The monoisotopic (exact) mass is 277 g/mol.